The van der Waals surface area contributed by atoms with Crippen molar-refractivity contribution in [3.05, 3.63) is 81.3 Å². The fourth-order valence-corrected chi connectivity index (χ4v) is 2.96. The fourth-order valence-electron chi connectivity index (χ4n) is 2.64. The van der Waals surface area contributed by atoms with Crippen LogP contribution in [0.4, 0.5) is 0 Å². The Balaban J connectivity index is 2.04. The number of amides is 1. The number of nitrogens with zero attached hydrogens (tertiary/aromatic N) is 1. The molecule has 0 aliphatic carbocycles. The van der Waals surface area contributed by atoms with E-state index in [-0.39, 0.29) is 12.2 Å². The van der Waals surface area contributed by atoms with E-state index in [0.29, 0.717) is 21.4 Å². The molecule has 3 aromatic carbocycles. The van der Waals surface area contributed by atoms with Crippen molar-refractivity contribution in [3.8, 4) is 11.8 Å². The van der Waals surface area contributed by atoms with Crippen molar-refractivity contribution in [1.29, 1.82) is 5.26 Å². The van der Waals surface area contributed by atoms with Crippen molar-refractivity contribution >= 4 is 46.0 Å². The second kappa shape index (κ2) is 8.13. The zero-order valence-electron chi connectivity index (χ0n) is 14.1. The molecule has 4 nitrogen and oxygen atoms in total. The predicted molar refractivity (Wildman–Crippen MR) is 108 cm³/mol. The Morgan fingerprint density at radius 2 is 1.89 bits per heavy atom. The summed E-state index contributed by atoms with van der Waals surface area (Å²) in [5, 5.41) is 11.9. The van der Waals surface area contributed by atoms with Gasteiger partial charge in [0.25, 0.3) is 5.91 Å². The Bertz CT molecular complexity index is 1100. The Kier molecular flexibility index (Phi) is 5.66. The number of nitriles is 1. The van der Waals surface area contributed by atoms with E-state index in [9.17, 15) is 10.1 Å². The number of primary amides is 1. The summed E-state index contributed by atoms with van der Waals surface area (Å²) in [6.45, 7) is 0.245. The molecule has 0 atom stereocenters. The highest BCUT2D eigenvalue weighted by Gasteiger charge is 2.11. The third kappa shape index (κ3) is 4.22. The van der Waals surface area contributed by atoms with Crippen LogP contribution in [0.3, 0.4) is 0 Å². The number of hydrogen-bond acceptors (Lipinski definition) is 3. The monoisotopic (exact) mass is 396 g/mol. The van der Waals surface area contributed by atoms with Gasteiger partial charge in [-0.15, -0.1) is 0 Å². The van der Waals surface area contributed by atoms with Gasteiger partial charge in [-0.2, -0.15) is 5.26 Å². The summed E-state index contributed by atoms with van der Waals surface area (Å²) in [5.41, 5.74) is 6.59. The minimum absolute atomic E-state index is 0.147. The molecular formula is C21H14Cl2N2O2. The van der Waals surface area contributed by atoms with Gasteiger partial charge >= 0.3 is 0 Å². The first kappa shape index (κ1) is 18.8. The van der Waals surface area contributed by atoms with Crippen LogP contribution in [0.2, 0.25) is 10.0 Å². The van der Waals surface area contributed by atoms with Crippen molar-refractivity contribution in [2.24, 2.45) is 5.73 Å². The first-order valence-electron chi connectivity index (χ1n) is 7.99. The van der Waals surface area contributed by atoms with Gasteiger partial charge in [0.2, 0.25) is 0 Å². The molecule has 3 rings (SSSR count). The zero-order valence-corrected chi connectivity index (χ0v) is 15.6. The van der Waals surface area contributed by atoms with E-state index < -0.39 is 5.91 Å². The lowest BCUT2D eigenvalue weighted by Crippen LogP contribution is -2.12. The second-order valence-corrected chi connectivity index (χ2v) is 6.58. The highest BCUT2D eigenvalue weighted by molar-refractivity contribution is 6.42. The summed E-state index contributed by atoms with van der Waals surface area (Å²) >= 11 is 12.0. The summed E-state index contributed by atoms with van der Waals surface area (Å²) in [4.78, 5) is 11.5. The van der Waals surface area contributed by atoms with Crippen molar-refractivity contribution in [2.45, 2.75) is 6.61 Å². The minimum atomic E-state index is -0.791. The molecule has 0 heterocycles. The minimum Gasteiger partial charge on any atom is -0.488 e. The van der Waals surface area contributed by atoms with Gasteiger partial charge in [0.15, 0.2) is 0 Å². The molecule has 3 aromatic rings. The molecule has 2 N–H and O–H groups in total. The third-order valence-electron chi connectivity index (χ3n) is 3.98. The quantitative estimate of drug-likeness (QED) is 0.480. The van der Waals surface area contributed by atoms with Crippen molar-refractivity contribution in [1.82, 2.24) is 0 Å². The first-order valence-corrected chi connectivity index (χ1v) is 8.75. The van der Waals surface area contributed by atoms with Gasteiger partial charge < -0.3 is 10.5 Å². The van der Waals surface area contributed by atoms with Crippen molar-refractivity contribution < 1.29 is 9.53 Å². The van der Waals surface area contributed by atoms with Gasteiger partial charge in [0.05, 0.1) is 10.0 Å². The highest BCUT2D eigenvalue weighted by Crippen LogP contribution is 2.31. The lowest BCUT2D eigenvalue weighted by Gasteiger charge is -2.13. The Morgan fingerprint density at radius 1 is 1.11 bits per heavy atom. The van der Waals surface area contributed by atoms with Gasteiger partial charge in [-0.3, -0.25) is 4.79 Å². The molecule has 0 bridgehead atoms. The second-order valence-electron chi connectivity index (χ2n) is 5.77. The number of carbonyl (C=O) groups is 1. The summed E-state index contributed by atoms with van der Waals surface area (Å²) < 4.78 is 5.94. The molecule has 0 spiro atoms. The van der Waals surface area contributed by atoms with Gasteiger partial charge in [-0.05, 0) is 40.6 Å². The maximum atomic E-state index is 11.5. The molecule has 0 saturated heterocycles. The Hall–Kier alpha value is -3.00. The molecule has 0 aliphatic heterocycles. The van der Waals surface area contributed by atoms with Crippen LogP contribution < -0.4 is 10.5 Å². The van der Waals surface area contributed by atoms with Crippen LogP contribution in [0.5, 0.6) is 5.75 Å². The summed E-state index contributed by atoms with van der Waals surface area (Å²) in [6, 6.07) is 18.4. The summed E-state index contributed by atoms with van der Waals surface area (Å²) in [5.74, 6) is -0.269. The zero-order chi connectivity index (χ0) is 19.4. The normalized spacial score (nSPS) is 11.2. The SMILES string of the molecule is N#C/C(=C\c1c(OCc2ccc(Cl)c(Cl)c2)ccc2ccccc12)C(N)=O. The Labute approximate surface area is 166 Å². The first-order chi connectivity index (χ1) is 13.0. The van der Waals surface area contributed by atoms with Gasteiger partial charge in [-0.1, -0.05) is 59.6 Å². The maximum Gasteiger partial charge on any atom is 0.259 e. The van der Waals surface area contributed by atoms with Crippen molar-refractivity contribution in [2.75, 3.05) is 0 Å². The molecule has 134 valence electrons. The molecule has 0 unspecified atom stereocenters. The number of hydrogen-bond donors (Lipinski definition) is 1. The van der Waals surface area contributed by atoms with Crippen LogP contribution in [-0.4, -0.2) is 5.91 Å². The molecule has 1 amide bonds. The highest BCUT2D eigenvalue weighted by atomic mass is 35.5. The van der Waals surface area contributed by atoms with E-state index in [4.69, 9.17) is 33.7 Å². The standard InChI is InChI=1S/C21H14Cl2N2O2/c22-18-7-5-13(9-19(18)23)12-27-20-8-6-14-3-1-2-4-16(14)17(20)10-15(11-24)21(25)26/h1-10H,12H2,(H2,25,26)/b15-10+. The number of fused-ring (bicyclic) bond motifs is 1. The average Bonchev–Trinajstić information content (AvgIpc) is 2.67. The van der Waals surface area contributed by atoms with Crippen LogP contribution in [0, 0.1) is 11.3 Å². The number of ether oxygens (including phenoxy) is 1. The lowest BCUT2D eigenvalue weighted by atomic mass is 10.0. The maximum absolute atomic E-state index is 11.5. The molecular weight excluding hydrogens is 383 g/mol. The molecule has 0 radical (unpaired) electrons. The summed E-state index contributed by atoms with van der Waals surface area (Å²) in [6.07, 6.45) is 1.45. The molecule has 0 saturated carbocycles. The average molecular weight is 397 g/mol. The van der Waals surface area contributed by atoms with Crippen LogP contribution in [0.25, 0.3) is 16.8 Å². The molecule has 6 heteroatoms. The van der Waals surface area contributed by atoms with E-state index in [1.165, 1.54) is 6.08 Å². The third-order valence-corrected chi connectivity index (χ3v) is 4.72. The topological polar surface area (TPSA) is 76.1 Å². The van der Waals surface area contributed by atoms with Crippen LogP contribution in [0.1, 0.15) is 11.1 Å². The van der Waals surface area contributed by atoms with Crippen LogP contribution >= 0.6 is 23.2 Å². The number of rotatable bonds is 5. The van der Waals surface area contributed by atoms with E-state index >= 15 is 0 Å². The van der Waals surface area contributed by atoms with Crippen LogP contribution in [-0.2, 0) is 11.4 Å². The van der Waals surface area contributed by atoms with Crippen LogP contribution in [0.15, 0.2) is 60.2 Å². The van der Waals surface area contributed by atoms with E-state index in [2.05, 4.69) is 0 Å². The Morgan fingerprint density at radius 3 is 2.59 bits per heavy atom. The molecule has 0 aliphatic rings. The lowest BCUT2D eigenvalue weighted by molar-refractivity contribution is -0.114. The molecule has 0 aromatic heterocycles. The molecule has 0 fully saturated rings. The smallest absolute Gasteiger partial charge is 0.259 e. The van der Waals surface area contributed by atoms with Gasteiger partial charge in [-0.25, -0.2) is 0 Å². The number of benzene rings is 3. The number of carbonyl (C=O) groups excluding carboxylic acids is 1. The number of nitrogens with two attached hydrogens (primary N) is 1. The molecule has 27 heavy (non-hydrogen) atoms. The van der Waals surface area contributed by atoms with E-state index in [1.807, 2.05) is 42.5 Å². The van der Waals surface area contributed by atoms with Gasteiger partial charge in [0.1, 0.15) is 24.0 Å². The van der Waals surface area contributed by atoms with Gasteiger partial charge in [0, 0.05) is 5.56 Å². The summed E-state index contributed by atoms with van der Waals surface area (Å²) in [7, 11) is 0. The number of halogens is 2. The predicted octanol–water partition coefficient (Wildman–Crippen LogP) is 5.12. The van der Waals surface area contributed by atoms with E-state index in [0.717, 1.165) is 16.3 Å². The van der Waals surface area contributed by atoms with Crippen molar-refractivity contribution in [3.63, 3.8) is 0 Å². The van der Waals surface area contributed by atoms with E-state index in [1.54, 1.807) is 18.2 Å². The largest absolute Gasteiger partial charge is 0.488 e. The fraction of sp³-hybridized carbons (Fsp3) is 0.0476.